The number of hydrogen-bond acceptors (Lipinski definition) is 6. The van der Waals surface area contributed by atoms with Gasteiger partial charge < -0.3 is 16.1 Å². The molecule has 3 rings (SSSR count). The number of likely N-dealkylation sites (N-methyl/N-ethyl adjacent to an activating group) is 1. The van der Waals surface area contributed by atoms with Crippen LogP contribution < -0.4 is 15.9 Å². The van der Waals surface area contributed by atoms with Gasteiger partial charge >= 0.3 is 0 Å². The maximum Gasteiger partial charge on any atom is 0.280 e. The molecule has 3 unspecified atom stereocenters. The van der Waals surface area contributed by atoms with Crippen molar-refractivity contribution in [1.82, 2.24) is 13.9 Å². The van der Waals surface area contributed by atoms with Gasteiger partial charge in [0, 0.05) is 29.5 Å². The largest absolute Gasteiger partial charge is 0.357 e. The van der Waals surface area contributed by atoms with Crippen molar-refractivity contribution in [2.75, 3.05) is 19.4 Å². The van der Waals surface area contributed by atoms with Crippen LogP contribution in [0.1, 0.15) is 35.2 Å². The zero-order chi connectivity index (χ0) is 23.6. The zero-order valence-electron chi connectivity index (χ0n) is 17.6. The molecule has 174 valence electrons. The summed E-state index contributed by atoms with van der Waals surface area (Å²) in [6.45, 7) is 1.97. The lowest BCUT2D eigenvalue weighted by Crippen LogP contribution is -2.55. The van der Waals surface area contributed by atoms with E-state index in [-0.39, 0.29) is 23.2 Å². The number of carbonyl (C=O) groups is 1. The Labute approximate surface area is 195 Å². The summed E-state index contributed by atoms with van der Waals surface area (Å²) >= 11 is 7.21. The average molecular weight is 503 g/mol. The number of nitrogens with one attached hydrogen (secondary N) is 2. The molecule has 0 spiro atoms. The minimum absolute atomic E-state index is 0.0220. The fraction of sp³-hybridized carbons (Fsp3) is 0.368. The number of halogens is 2. The fourth-order valence-electron chi connectivity index (χ4n) is 3.28. The molecule has 1 aromatic heterocycles. The van der Waals surface area contributed by atoms with Crippen molar-refractivity contribution >= 4 is 51.1 Å². The van der Waals surface area contributed by atoms with Crippen molar-refractivity contribution in [3.05, 3.63) is 50.9 Å². The summed E-state index contributed by atoms with van der Waals surface area (Å²) < 4.78 is 42.4. The molecule has 32 heavy (non-hydrogen) atoms. The molecule has 1 aliphatic heterocycles. The predicted octanol–water partition coefficient (Wildman–Crippen LogP) is 2.65. The quantitative estimate of drug-likeness (QED) is 0.243. The lowest BCUT2D eigenvalue weighted by Gasteiger charge is -2.35. The molecule has 1 amide bonds. The van der Waals surface area contributed by atoms with Gasteiger partial charge in [0.2, 0.25) is 5.91 Å². The van der Waals surface area contributed by atoms with Gasteiger partial charge in [0.1, 0.15) is 18.2 Å². The van der Waals surface area contributed by atoms with Gasteiger partial charge in [-0.05, 0) is 43.7 Å². The Morgan fingerprint density at radius 2 is 2.19 bits per heavy atom. The van der Waals surface area contributed by atoms with Crippen molar-refractivity contribution in [3.63, 3.8) is 0 Å². The highest BCUT2D eigenvalue weighted by Gasteiger charge is 2.41. The Morgan fingerprint density at radius 3 is 2.84 bits per heavy atom. The first-order chi connectivity index (χ1) is 15.0. The van der Waals surface area contributed by atoms with E-state index >= 15 is 0 Å². The molecule has 13 heteroatoms. The van der Waals surface area contributed by atoms with Gasteiger partial charge in [-0.25, -0.2) is 4.39 Å². The first-order valence-corrected chi connectivity index (χ1v) is 12.2. The first-order valence-electron chi connectivity index (χ1n) is 9.59. The van der Waals surface area contributed by atoms with Crippen LogP contribution >= 0.6 is 22.9 Å². The van der Waals surface area contributed by atoms with Gasteiger partial charge in [-0.2, -0.15) is 22.5 Å². The Morgan fingerprint density at radius 1 is 1.47 bits per heavy atom. The summed E-state index contributed by atoms with van der Waals surface area (Å²) in [7, 11) is -0.730. The molecule has 2 heterocycles. The van der Waals surface area contributed by atoms with Crippen molar-refractivity contribution in [3.8, 4) is 0 Å². The molecule has 1 fully saturated rings. The highest BCUT2D eigenvalue weighted by Crippen LogP contribution is 2.35. The standard InChI is InChI=1S/C19H24ClFN6O3S2/c1-11(26(2)10-23-22)17-6-7-18(31-17)15-9-16(27(3)32(29,30)25-15)19(28)24-12-4-5-14(21)13(20)8-12/h4-8,10-11,15-16,25H,9,22H2,1-3H3,(H,24,28)/b23-10-. The molecule has 0 radical (unpaired) electrons. The zero-order valence-corrected chi connectivity index (χ0v) is 20.0. The molecule has 0 bridgehead atoms. The maximum atomic E-state index is 13.4. The second-order valence-corrected chi connectivity index (χ2v) is 10.7. The number of nitrogens with zero attached hydrogens (tertiary/aromatic N) is 3. The normalized spacial score (nSPS) is 22.0. The second kappa shape index (κ2) is 9.71. The predicted molar refractivity (Wildman–Crippen MR) is 124 cm³/mol. The Kier molecular flexibility index (Phi) is 7.40. The number of nitrogens with two attached hydrogens (primary N) is 1. The van der Waals surface area contributed by atoms with Crippen LogP contribution in [0.15, 0.2) is 35.4 Å². The van der Waals surface area contributed by atoms with E-state index in [2.05, 4.69) is 15.1 Å². The monoisotopic (exact) mass is 502 g/mol. The number of benzene rings is 1. The topological polar surface area (TPSA) is 120 Å². The highest BCUT2D eigenvalue weighted by atomic mass is 35.5. The van der Waals surface area contributed by atoms with Crippen LogP contribution in [0.5, 0.6) is 0 Å². The number of hydrogen-bond donors (Lipinski definition) is 3. The molecule has 0 saturated carbocycles. The van der Waals surface area contributed by atoms with Crippen LogP contribution in [0.4, 0.5) is 10.1 Å². The minimum atomic E-state index is -3.90. The molecule has 1 saturated heterocycles. The molecule has 9 nitrogen and oxygen atoms in total. The summed E-state index contributed by atoms with van der Waals surface area (Å²) in [5.41, 5.74) is 0.277. The van der Waals surface area contributed by atoms with Crippen molar-refractivity contribution < 1.29 is 17.6 Å². The van der Waals surface area contributed by atoms with Crippen LogP contribution in [0.3, 0.4) is 0 Å². The van der Waals surface area contributed by atoms with E-state index in [9.17, 15) is 17.6 Å². The van der Waals surface area contributed by atoms with Crippen LogP contribution in [0.25, 0.3) is 0 Å². The number of carbonyl (C=O) groups excluding carboxylic acids is 1. The molecular weight excluding hydrogens is 479 g/mol. The van der Waals surface area contributed by atoms with Gasteiger partial charge in [-0.1, -0.05) is 11.6 Å². The Balaban J connectivity index is 1.81. The maximum absolute atomic E-state index is 13.4. The van der Waals surface area contributed by atoms with E-state index in [1.54, 1.807) is 0 Å². The van der Waals surface area contributed by atoms with Crippen molar-refractivity contribution in [2.45, 2.75) is 31.5 Å². The SMILES string of the molecule is CC(c1ccc(C2CC(C(=O)Nc3ccc(F)c(Cl)c3)N(C)S(=O)(=O)N2)s1)N(C)/C=N\N. The number of rotatable bonds is 6. The molecule has 0 aliphatic carbocycles. The van der Waals surface area contributed by atoms with Crippen LogP contribution in [0.2, 0.25) is 5.02 Å². The molecule has 1 aromatic carbocycles. The number of anilines is 1. The van der Waals surface area contributed by atoms with Gasteiger partial charge in [0.25, 0.3) is 10.2 Å². The fourth-order valence-corrected chi connectivity index (χ4v) is 5.98. The van der Waals surface area contributed by atoms with Crippen LogP contribution in [-0.2, 0) is 15.0 Å². The molecule has 3 atom stereocenters. The van der Waals surface area contributed by atoms with E-state index in [0.29, 0.717) is 0 Å². The van der Waals surface area contributed by atoms with E-state index in [4.69, 9.17) is 17.4 Å². The van der Waals surface area contributed by atoms with E-state index in [1.807, 2.05) is 31.0 Å². The number of hydrazone groups is 1. The van der Waals surface area contributed by atoms with Gasteiger partial charge in [-0.15, -0.1) is 11.3 Å². The molecule has 1 aliphatic rings. The summed E-state index contributed by atoms with van der Waals surface area (Å²) in [5, 5.41) is 5.99. The van der Waals surface area contributed by atoms with Crippen molar-refractivity contribution in [1.29, 1.82) is 0 Å². The molecule has 2 aromatic rings. The van der Waals surface area contributed by atoms with Gasteiger partial charge in [-0.3, -0.25) is 4.79 Å². The van der Waals surface area contributed by atoms with E-state index in [1.165, 1.54) is 36.9 Å². The number of thiophene rings is 1. The van der Waals surface area contributed by atoms with Gasteiger partial charge in [0.05, 0.1) is 17.1 Å². The molecular formula is C19H24ClFN6O3S2. The molecule has 4 N–H and O–H groups in total. The number of amides is 1. The van der Waals surface area contributed by atoms with E-state index < -0.39 is 34.0 Å². The minimum Gasteiger partial charge on any atom is -0.357 e. The third kappa shape index (κ3) is 5.21. The third-order valence-corrected chi connectivity index (χ3v) is 8.57. The van der Waals surface area contributed by atoms with Gasteiger partial charge in [0.15, 0.2) is 0 Å². The van der Waals surface area contributed by atoms with Crippen LogP contribution in [0, 0.1) is 5.82 Å². The lowest BCUT2D eigenvalue weighted by atomic mass is 10.1. The first kappa shape index (κ1) is 24.4. The summed E-state index contributed by atoms with van der Waals surface area (Å²) in [6.07, 6.45) is 1.72. The smallest absolute Gasteiger partial charge is 0.280 e. The Hall–Kier alpha value is -2.25. The summed E-state index contributed by atoms with van der Waals surface area (Å²) in [6, 6.07) is 5.95. The lowest BCUT2D eigenvalue weighted by molar-refractivity contribution is -0.120. The van der Waals surface area contributed by atoms with E-state index in [0.717, 1.165) is 20.1 Å². The summed E-state index contributed by atoms with van der Waals surface area (Å²) in [4.78, 5) is 16.5. The summed E-state index contributed by atoms with van der Waals surface area (Å²) in [5.74, 6) is 4.06. The average Bonchev–Trinajstić information content (AvgIpc) is 3.22. The van der Waals surface area contributed by atoms with Crippen LogP contribution in [-0.4, -0.2) is 50.0 Å². The second-order valence-electron chi connectivity index (χ2n) is 7.41. The van der Waals surface area contributed by atoms with Crippen molar-refractivity contribution in [2.24, 2.45) is 10.9 Å². The third-order valence-electron chi connectivity index (χ3n) is 5.32. The highest BCUT2D eigenvalue weighted by molar-refractivity contribution is 7.87. The Bertz CT molecular complexity index is 1130.